The first-order valence-corrected chi connectivity index (χ1v) is 9.43. The number of hydrogen-bond acceptors (Lipinski definition) is 4. The average molecular weight is 374 g/mol. The first kappa shape index (κ1) is 17.5. The molecule has 0 saturated heterocycles. The van der Waals surface area contributed by atoms with Crippen LogP contribution in [-0.4, -0.2) is 18.4 Å². The van der Waals surface area contributed by atoms with Crippen LogP contribution in [0.15, 0.2) is 66.0 Å². The molecular weight excluding hydrogens is 358 g/mol. The van der Waals surface area contributed by atoms with Gasteiger partial charge in [-0.1, -0.05) is 23.7 Å². The van der Waals surface area contributed by atoms with Crippen LogP contribution in [0.5, 0.6) is 0 Å². The van der Waals surface area contributed by atoms with E-state index in [0.29, 0.717) is 5.02 Å². The summed E-state index contributed by atoms with van der Waals surface area (Å²) >= 11 is 6.01. The van der Waals surface area contributed by atoms with Crippen molar-refractivity contribution in [2.45, 2.75) is 18.4 Å². The maximum absolute atomic E-state index is 12.4. The Morgan fingerprint density at radius 2 is 1.96 bits per heavy atom. The lowest BCUT2D eigenvalue weighted by Gasteiger charge is -2.08. The number of rotatable bonds is 5. The molecular formula is C18H16ClN3O2S. The van der Waals surface area contributed by atoms with E-state index in [1.807, 2.05) is 31.2 Å². The van der Waals surface area contributed by atoms with Gasteiger partial charge >= 0.3 is 0 Å². The summed E-state index contributed by atoms with van der Waals surface area (Å²) in [4.78, 5) is 8.55. The molecule has 0 radical (unpaired) electrons. The second kappa shape index (κ2) is 7.31. The number of aryl methyl sites for hydroxylation is 1. The van der Waals surface area contributed by atoms with Crippen molar-refractivity contribution < 1.29 is 8.42 Å². The van der Waals surface area contributed by atoms with E-state index in [9.17, 15) is 8.42 Å². The van der Waals surface area contributed by atoms with Gasteiger partial charge in [0.2, 0.25) is 10.0 Å². The number of nitrogens with one attached hydrogen (secondary N) is 1. The van der Waals surface area contributed by atoms with E-state index in [-0.39, 0.29) is 11.4 Å². The Morgan fingerprint density at radius 3 is 2.60 bits per heavy atom. The molecule has 0 fully saturated rings. The summed E-state index contributed by atoms with van der Waals surface area (Å²) in [6.45, 7) is 1.97. The largest absolute Gasteiger partial charge is 0.264 e. The molecule has 0 unspecified atom stereocenters. The quantitative estimate of drug-likeness (QED) is 0.741. The van der Waals surface area contributed by atoms with Crippen LogP contribution in [0, 0.1) is 6.92 Å². The molecule has 5 nitrogen and oxygen atoms in total. The van der Waals surface area contributed by atoms with Crippen LogP contribution in [0.1, 0.15) is 11.1 Å². The SMILES string of the molecule is Cc1ccc(S(=O)(=O)NCc2ccc(-c3cccnc3)nc2)cc1Cl. The number of benzene rings is 1. The van der Waals surface area contributed by atoms with Gasteiger partial charge in [-0.25, -0.2) is 13.1 Å². The van der Waals surface area contributed by atoms with Gasteiger partial charge in [-0.3, -0.25) is 9.97 Å². The van der Waals surface area contributed by atoms with E-state index >= 15 is 0 Å². The summed E-state index contributed by atoms with van der Waals surface area (Å²) in [6, 6.07) is 12.1. The fourth-order valence-corrected chi connectivity index (χ4v) is 3.51. The van der Waals surface area contributed by atoms with Crippen molar-refractivity contribution in [2.24, 2.45) is 0 Å². The van der Waals surface area contributed by atoms with Crippen LogP contribution in [0.4, 0.5) is 0 Å². The lowest BCUT2D eigenvalue weighted by molar-refractivity contribution is 0.581. The van der Waals surface area contributed by atoms with Crippen molar-refractivity contribution in [1.29, 1.82) is 0 Å². The minimum Gasteiger partial charge on any atom is -0.264 e. The van der Waals surface area contributed by atoms with Crippen molar-refractivity contribution in [3.8, 4) is 11.3 Å². The van der Waals surface area contributed by atoms with Gasteiger partial charge < -0.3 is 0 Å². The van der Waals surface area contributed by atoms with E-state index in [4.69, 9.17) is 11.6 Å². The molecule has 128 valence electrons. The second-order valence-electron chi connectivity index (χ2n) is 5.53. The molecule has 25 heavy (non-hydrogen) atoms. The maximum atomic E-state index is 12.4. The van der Waals surface area contributed by atoms with Gasteiger partial charge in [0.1, 0.15) is 0 Å². The molecule has 1 N–H and O–H groups in total. The van der Waals surface area contributed by atoms with Gasteiger partial charge in [0, 0.05) is 35.7 Å². The molecule has 0 amide bonds. The van der Waals surface area contributed by atoms with Crippen LogP contribution in [-0.2, 0) is 16.6 Å². The molecule has 0 aliphatic rings. The van der Waals surface area contributed by atoms with E-state index < -0.39 is 10.0 Å². The van der Waals surface area contributed by atoms with Crippen molar-refractivity contribution in [2.75, 3.05) is 0 Å². The van der Waals surface area contributed by atoms with Crippen molar-refractivity contribution in [3.05, 3.63) is 77.2 Å². The van der Waals surface area contributed by atoms with E-state index in [1.54, 1.807) is 24.7 Å². The molecule has 1 aromatic carbocycles. The highest BCUT2D eigenvalue weighted by atomic mass is 35.5. The highest BCUT2D eigenvalue weighted by Gasteiger charge is 2.15. The van der Waals surface area contributed by atoms with Crippen molar-refractivity contribution >= 4 is 21.6 Å². The molecule has 0 aliphatic heterocycles. The molecule has 3 aromatic rings. The van der Waals surface area contributed by atoms with Gasteiger partial charge in [-0.05, 0) is 48.4 Å². The van der Waals surface area contributed by atoms with E-state index in [2.05, 4.69) is 14.7 Å². The van der Waals surface area contributed by atoms with Gasteiger partial charge in [0.05, 0.1) is 10.6 Å². The summed E-state index contributed by atoms with van der Waals surface area (Å²) in [5, 5.41) is 0.422. The maximum Gasteiger partial charge on any atom is 0.240 e. The monoisotopic (exact) mass is 373 g/mol. The summed E-state index contributed by atoms with van der Waals surface area (Å²) in [6.07, 6.45) is 5.07. The summed E-state index contributed by atoms with van der Waals surface area (Å²) < 4.78 is 27.3. The fourth-order valence-electron chi connectivity index (χ4n) is 2.22. The second-order valence-corrected chi connectivity index (χ2v) is 7.70. The third kappa shape index (κ3) is 4.22. The van der Waals surface area contributed by atoms with Gasteiger partial charge in [-0.15, -0.1) is 0 Å². The number of aromatic nitrogens is 2. The standard InChI is InChI=1S/C18H16ClN3O2S/c1-13-4-6-16(9-17(13)19)25(23,24)22-11-14-5-7-18(21-10-14)15-3-2-8-20-12-15/h2-10,12,22H,11H2,1H3. The molecule has 2 aromatic heterocycles. The van der Waals surface area contributed by atoms with Crippen LogP contribution in [0.25, 0.3) is 11.3 Å². The van der Waals surface area contributed by atoms with Gasteiger partial charge in [-0.2, -0.15) is 0 Å². The zero-order valence-electron chi connectivity index (χ0n) is 13.5. The first-order chi connectivity index (χ1) is 12.0. The first-order valence-electron chi connectivity index (χ1n) is 7.57. The van der Waals surface area contributed by atoms with Gasteiger partial charge in [0.15, 0.2) is 0 Å². The minimum absolute atomic E-state index is 0.142. The highest BCUT2D eigenvalue weighted by molar-refractivity contribution is 7.89. The summed E-state index contributed by atoms with van der Waals surface area (Å²) in [5.41, 5.74) is 3.28. The summed E-state index contributed by atoms with van der Waals surface area (Å²) in [5.74, 6) is 0. The molecule has 2 heterocycles. The van der Waals surface area contributed by atoms with Crippen LogP contribution in [0.2, 0.25) is 5.02 Å². The number of halogens is 1. The average Bonchev–Trinajstić information content (AvgIpc) is 2.63. The Kier molecular flexibility index (Phi) is 5.13. The third-order valence-electron chi connectivity index (χ3n) is 3.70. The van der Waals surface area contributed by atoms with Crippen molar-refractivity contribution in [1.82, 2.24) is 14.7 Å². The molecule has 0 saturated carbocycles. The molecule has 3 rings (SSSR count). The zero-order valence-corrected chi connectivity index (χ0v) is 15.1. The Bertz CT molecular complexity index is 975. The van der Waals surface area contributed by atoms with Crippen LogP contribution >= 0.6 is 11.6 Å². The molecule has 0 atom stereocenters. The highest BCUT2D eigenvalue weighted by Crippen LogP contribution is 2.20. The van der Waals surface area contributed by atoms with Crippen molar-refractivity contribution in [3.63, 3.8) is 0 Å². The fraction of sp³-hybridized carbons (Fsp3) is 0.111. The normalized spacial score (nSPS) is 11.4. The predicted molar refractivity (Wildman–Crippen MR) is 97.7 cm³/mol. The molecule has 0 aliphatic carbocycles. The Balaban J connectivity index is 1.71. The number of nitrogens with zero attached hydrogens (tertiary/aromatic N) is 2. The van der Waals surface area contributed by atoms with E-state index in [1.165, 1.54) is 12.1 Å². The topological polar surface area (TPSA) is 72.0 Å². The number of hydrogen-bond donors (Lipinski definition) is 1. The Labute approximate surface area is 151 Å². The Hall–Kier alpha value is -2.28. The molecule has 7 heteroatoms. The third-order valence-corrected chi connectivity index (χ3v) is 5.51. The zero-order chi connectivity index (χ0) is 17.9. The van der Waals surface area contributed by atoms with Crippen LogP contribution in [0.3, 0.4) is 0 Å². The molecule has 0 spiro atoms. The Morgan fingerprint density at radius 1 is 1.12 bits per heavy atom. The number of sulfonamides is 1. The van der Waals surface area contributed by atoms with Gasteiger partial charge in [0.25, 0.3) is 0 Å². The lowest BCUT2D eigenvalue weighted by Crippen LogP contribution is -2.23. The van der Waals surface area contributed by atoms with E-state index in [0.717, 1.165) is 22.4 Å². The van der Waals surface area contributed by atoms with Crippen LogP contribution < -0.4 is 4.72 Å². The minimum atomic E-state index is -3.63. The molecule has 0 bridgehead atoms. The lowest BCUT2D eigenvalue weighted by atomic mass is 10.1. The smallest absolute Gasteiger partial charge is 0.240 e. The summed E-state index contributed by atoms with van der Waals surface area (Å²) in [7, 11) is -3.63. The number of pyridine rings is 2. The predicted octanol–water partition coefficient (Wildman–Crippen LogP) is 3.58.